The topological polar surface area (TPSA) is 153 Å². The highest BCUT2D eigenvalue weighted by Gasteiger charge is 2.52. The van der Waals surface area contributed by atoms with Crippen LogP contribution in [0, 0.1) is 0 Å². The van der Waals surface area contributed by atoms with Crippen LogP contribution in [0.25, 0.3) is 10.2 Å². The summed E-state index contributed by atoms with van der Waals surface area (Å²) in [6.45, 7) is 4.45. The second kappa shape index (κ2) is 14.1. The molecule has 0 bridgehead atoms. The molecule has 13 nitrogen and oxygen atoms in total. The zero-order chi connectivity index (χ0) is 33.8. The first-order valence-electron chi connectivity index (χ1n) is 15.4. The maximum Gasteiger partial charge on any atom is 0.411 e. The number of nitrogens with zero attached hydrogens (tertiary/aromatic N) is 5. The molecule has 2 saturated heterocycles. The lowest BCUT2D eigenvalue weighted by molar-refractivity contribution is -0.157. The SMILES string of the molecule is C=CCN(C(=O)NC)N1CC(=O)N2[C@@H](Cc3ccc(NC(=O)OCc4ccccc4)cc3)C(=O)N(Cc3cccc4sc(N)nc34)C[C@@H]21. The maximum atomic E-state index is 14.2. The smallest absolute Gasteiger partial charge is 0.411 e. The lowest BCUT2D eigenvalue weighted by Crippen LogP contribution is -2.65. The van der Waals surface area contributed by atoms with E-state index < -0.39 is 24.3 Å². The number of nitrogens with two attached hydrogens (primary N) is 1. The van der Waals surface area contributed by atoms with Crippen LogP contribution in [-0.4, -0.2) is 87.6 Å². The molecule has 2 atom stereocenters. The third kappa shape index (κ3) is 6.80. The van der Waals surface area contributed by atoms with Crippen LogP contribution < -0.4 is 16.4 Å². The fourth-order valence-electron chi connectivity index (χ4n) is 6.13. The van der Waals surface area contributed by atoms with Gasteiger partial charge in [0.15, 0.2) is 5.13 Å². The van der Waals surface area contributed by atoms with E-state index in [1.54, 1.807) is 45.2 Å². The molecule has 0 radical (unpaired) electrons. The highest BCUT2D eigenvalue weighted by Crippen LogP contribution is 2.32. The number of hydrogen-bond donors (Lipinski definition) is 3. The molecule has 0 aliphatic carbocycles. The number of para-hydroxylation sites is 1. The van der Waals surface area contributed by atoms with Crippen molar-refractivity contribution >= 4 is 56.3 Å². The van der Waals surface area contributed by atoms with Crippen molar-refractivity contribution in [1.29, 1.82) is 0 Å². The summed E-state index contributed by atoms with van der Waals surface area (Å²) in [5, 5.41) is 8.94. The molecule has 3 heterocycles. The molecule has 14 heteroatoms. The molecule has 0 saturated carbocycles. The van der Waals surface area contributed by atoms with Gasteiger partial charge in [-0.05, 0) is 34.9 Å². The Labute approximate surface area is 281 Å². The number of nitrogen functional groups attached to an aromatic ring is 1. The van der Waals surface area contributed by atoms with Gasteiger partial charge in [0.1, 0.15) is 18.8 Å². The highest BCUT2D eigenvalue weighted by atomic mass is 32.1. The van der Waals surface area contributed by atoms with Gasteiger partial charge in [0.2, 0.25) is 11.8 Å². The van der Waals surface area contributed by atoms with Gasteiger partial charge < -0.3 is 25.6 Å². The quantitative estimate of drug-likeness (QED) is 0.216. The lowest BCUT2D eigenvalue weighted by Gasteiger charge is -2.46. The second-order valence-electron chi connectivity index (χ2n) is 11.4. The van der Waals surface area contributed by atoms with E-state index in [1.807, 2.05) is 48.5 Å². The van der Waals surface area contributed by atoms with E-state index in [0.717, 1.165) is 26.9 Å². The van der Waals surface area contributed by atoms with Crippen LogP contribution in [0.3, 0.4) is 0 Å². The molecule has 1 aromatic heterocycles. The summed E-state index contributed by atoms with van der Waals surface area (Å²) in [6.07, 6.45) is 0.621. The molecular formula is C34H36N8O5S. The first-order valence-corrected chi connectivity index (χ1v) is 16.2. The van der Waals surface area contributed by atoms with E-state index in [-0.39, 0.29) is 51.0 Å². The number of hydrazine groups is 1. The zero-order valence-electron chi connectivity index (χ0n) is 26.4. The molecule has 3 aromatic carbocycles. The van der Waals surface area contributed by atoms with Crippen molar-refractivity contribution in [1.82, 2.24) is 30.1 Å². The Hall–Kier alpha value is -5.47. The van der Waals surface area contributed by atoms with E-state index in [2.05, 4.69) is 22.2 Å². The highest BCUT2D eigenvalue weighted by molar-refractivity contribution is 7.22. The van der Waals surface area contributed by atoms with Crippen molar-refractivity contribution in [2.45, 2.75) is 31.8 Å². The predicted molar refractivity (Wildman–Crippen MR) is 182 cm³/mol. The Balaban J connectivity index is 1.24. The Morgan fingerprint density at radius 1 is 1.08 bits per heavy atom. The average Bonchev–Trinajstić information content (AvgIpc) is 3.64. The maximum absolute atomic E-state index is 14.2. The number of thiazole rings is 1. The number of carbonyl (C=O) groups excluding carboxylic acids is 4. The van der Waals surface area contributed by atoms with Crippen LogP contribution in [0.1, 0.15) is 16.7 Å². The van der Waals surface area contributed by atoms with Crippen molar-refractivity contribution in [3.8, 4) is 0 Å². The van der Waals surface area contributed by atoms with Crippen molar-refractivity contribution in [3.63, 3.8) is 0 Å². The van der Waals surface area contributed by atoms with Crippen LogP contribution in [-0.2, 0) is 33.9 Å². The molecule has 4 aromatic rings. The van der Waals surface area contributed by atoms with Crippen LogP contribution in [0.2, 0.25) is 0 Å². The van der Waals surface area contributed by atoms with Gasteiger partial charge in [0, 0.05) is 25.7 Å². The van der Waals surface area contributed by atoms with Crippen LogP contribution in [0.5, 0.6) is 0 Å². The first-order chi connectivity index (χ1) is 23.2. The van der Waals surface area contributed by atoms with Gasteiger partial charge in [-0.2, -0.15) is 5.01 Å². The molecule has 2 fully saturated rings. The summed E-state index contributed by atoms with van der Waals surface area (Å²) in [6, 6.07) is 21.0. The normalized spacial score (nSPS) is 17.7. The average molecular weight is 669 g/mol. The number of nitrogens with one attached hydrogen (secondary N) is 2. The largest absolute Gasteiger partial charge is 0.444 e. The monoisotopic (exact) mass is 668 g/mol. The Bertz CT molecular complexity index is 1830. The number of anilines is 2. The van der Waals surface area contributed by atoms with Crippen LogP contribution >= 0.6 is 11.3 Å². The second-order valence-corrected chi connectivity index (χ2v) is 12.5. The van der Waals surface area contributed by atoms with E-state index in [0.29, 0.717) is 10.8 Å². The van der Waals surface area contributed by atoms with Crippen molar-refractivity contribution in [3.05, 3.63) is 102 Å². The Morgan fingerprint density at radius 2 is 1.85 bits per heavy atom. The van der Waals surface area contributed by atoms with Gasteiger partial charge in [-0.1, -0.05) is 72.0 Å². The molecule has 0 unspecified atom stereocenters. The number of fused-ring (bicyclic) bond motifs is 2. The summed E-state index contributed by atoms with van der Waals surface area (Å²) < 4.78 is 6.24. The Kier molecular flexibility index (Phi) is 9.55. The third-order valence-electron chi connectivity index (χ3n) is 8.35. The van der Waals surface area contributed by atoms with Crippen molar-refractivity contribution < 1.29 is 23.9 Å². The number of carbonyl (C=O) groups is 4. The van der Waals surface area contributed by atoms with E-state index in [4.69, 9.17) is 10.5 Å². The van der Waals surface area contributed by atoms with Crippen LogP contribution in [0.15, 0.2) is 85.5 Å². The van der Waals surface area contributed by atoms with Gasteiger partial charge in [-0.3, -0.25) is 19.9 Å². The molecule has 2 aliphatic heterocycles. The summed E-state index contributed by atoms with van der Waals surface area (Å²) in [5.41, 5.74) is 9.75. The van der Waals surface area contributed by atoms with E-state index in [9.17, 15) is 19.2 Å². The number of piperazine rings is 1. The molecule has 2 aliphatic rings. The van der Waals surface area contributed by atoms with Crippen LogP contribution in [0.4, 0.5) is 20.4 Å². The zero-order valence-corrected chi connectivity index (χ0v) is 27.2. The lowest BCUT2D eigenvalue weighted by atomic mass is 9.99. The van der Waals surface area contributed by atoms with E-state index >= 15 is 0 Å². The number of urea groups is 1. The summed E-state index contributed by atoms with van der Waals surface area (Å²) in [4.78, 5) is 61.0. The molecule has 0 spiro atoms. The number of amides is 5. The number of hydrogen-bond acceptors (Lipinski definition) is 9. The number of ether oxygens (including phenoxy) is 1. The van der Waals surface area contributed by atoms with Gasteiger partial charge in [-0.15, -0.1) is 6.58 Å². The van der Waals surface area contributed by atoms with Crippen molar-refractivity contribution in [2.24, 2.45) is 0 Å². The summed E-state index contributed by atoms with van der Waals surface area (Å²) in [7, 11) is 1.52. The molecule has 6 rings (SSSR count). The number of rotatable bonds is 10. The fourth-order valence-corrected chi connectivity index (χ4v) is 6.91. The number of benzene rings is 3. The standard InChI is InChI=1S/C34H36N8O5S/c1-3-16-40(33(45)36-2)41-20-29(43)42-26(17-22-12-14-25(15-13-22)37-34(46)47-21-23-8-5-4-6-9-23)31(44)39(19-28(41)42)18-24-10-7-11-27-30(24)38-32(35)48-27/h3-15,26,28H,1,16-21H2,2H3,(H2,35,38)(H,36,45)(H,37,46)/t26-,28+/m0/s1. The first kappa shape index (κ1) is 32.5. The number of aromatic nitrogens is 1. The van der Waals surface area contributed by atoms with Gasteiger partial charge in [-0.25, -0.2) is 14.6 Å². The van der Waals surface area contributed by atoms with Gasteiger partial charge in [0.25, 0.3) is 0 Å². The van der Waals surface area contributed by atoms with Gasteiger partial charge in [0.05, 0.1) is 29.9 Å². The minimum atomic E-state index is -0.842. The Morgan fingerprint density at radius 3 is 2.58 bits per heavy atom. The minimum absolute atomic E-state index is 0.0737. The molecule has 248 valence electrons. The molecule has 5 amide bonds. The third-order valence-corrected chi connectivity index (χ3v) is 9.20. The van der Waals surface area contributed by atoms with E-state index in [1.165, 1.54) is 23.4 Å². The molecular weight excluding hydrogens is 632 g/mol. The van der Waals surface area contributed by atoms with Crippen molar-refractivity contribution in [2.75, 3.05) is 37.7 Å². The molecule has 48 heavy (non-hydrogen) atoms. The fraction of sp³-hybridized carbons (Fsp3) is 0.265. The van der Waals surface area contributed by atoms with Gasteiger partial charge >= 0.3 is 12.1 Å². The molecule has 4 N–H and O–H groups in total. The summed E-state index contributed by atoms with van der Waals surface area (Å²) >= 11 is 1.38. The predicted octanol–water partition coefficient (Wildman–Crippen LogP) is 3.79. The summed E-state index contributed by atoms with van der Waals surface area (Å²) in [5.74, 6) is -0.478. The minimum Gasteiger partial charge on any atom is -0.444 e.